The van der Waals surface area contributed by atoms with Gasteiger partial charge in [0.1, 0.15) is 11.9 Å². The highest BCUT2D eigenvalue weighted by molar-refractivity contribution is 7.97. The highest BCUT2D eigenvalue weighted by atomic mass is 32.2. The van der Waals surface area contributed by atoms with Crippen LogP contribution < -0.4 is 14.9 Å². The molecule has 0 bridgehead atoms. The molecule has 2 amide bonds. The number of hydrogen-bond donors (Lipinski definition) is 2. The number of carbonyl (C=O) groups is 2. The zero-order valence-electron chi connectivity index (χ0n) is 19.8. The number of likely N-dealkylation sites (N-methyl/N-ethyl adjacent to an activating group) is 1. The zero-order chi connectivity index (χ0) is 24.7. The van der Waals surface area contributed by atoms with Crippen molar-refractivity contribution in [3.8, 4) is 0 Å². The molecule has 34 heavy (non-hydrogen) atoms. The van der Waals surface area contributed by atoms with Crippen LogP contribution in [0.3, 0.4) is 0 Å². The predicted molar refractivity (Wildman–Crippen MR) is 136 cm³/mol. The molecule has 0 aliphatic rings. The van der Waals surface area contributed by atoms with Crippen molar-refractivity contribution in [2.75, 3.05) is 11.9 Å². The highest BCUT2D eigenvalue weighted by Gasteiger charge is 2.26. The predicted octanol–water partition coefficient (Wildman–Crippen LogP) is 5.23. The Balaban J connectivity index is 1.76. The molecule has 0 radical (unpaired) electrons. The van der Waals surface area contributed by atoms with Crippen LogP contribution in [0.5, 0.6) is 0 Å². The van der Waals surface area contributed by atoms with E-state index in [0.29, 0.717) is 12.0 Å². The Labute approximate surface area is 204 Å². The van der Waals surface area contributed by atoms with Gasteiger partial charge in [0.15, 0.2) is 0 Å². The molecule has 0 fully saturated rings. The summed E-state index contributed by atoms with van der Waals surface area (Å²) in [6.45, 7) is 6.27. The van der Waals surface area contributed by atoms with E-state index in [9.17, 15) is 14.0 Å². The lowest BCUT2D eigenvalue weighted by atomic mass is 10.0. The Morgan fingerprint density at radius 1 is 0.941 bits per heavy atom. The second kappa shape index (κ2) is 11.3. The number of nitrogens with one attached hydrogen (secondary N) is 2. The summed E-state index contributed by atoms with van der Waals surface area (Å²) in [6.07, 6.45) is 0.334. The summed E-state index contributed by atoms with van der Waals surface area (Å²) in [4.78, 5) is 28.8. The van der Waals surface area contributed by atoms with E-state index in [1.807, 2.05) is 54.6 Å². The van der Waals surface area contributed by atoms with Crippen LogP contribution in [0.1, 0.15) is 36.7 Å². The van der Waals surface area contributed by atoms with E-state index in [1.54, 1.807) is 11.9 Å². The summed E-state index contributed by atoms with van der Waals surface area (Å²) < 4.78 is 16.6. The summed E-state index contributed by atoms with van der Waals surface area (Å²) in [5.41, 5.74) is 1.92. The number of amides is 2. The molecule has 0 unspecified atom stereocenters. The highest BCUT2D eigenvalue weighted by Crippen LogP contribution is 2.23. The van der Waals surface area contributed by atoms with Crippen LogP contribution in [-0.2, 0) is 11.2 Å². The van der Waals surface area contributed by atoms with Crippen molar-refractivity contribution in [2.24, 2.45) is 0 Å². The fraction of sp³-hybridized carbons (Fsp3) is 0.259. The zero-order valence-corrected chi connectivity index (χ0v) is 20.7. The largest absolute Gasteiger partial charge is 0.340 e. The van der Waals surface area contributed by atoms with E-state index in [0.717, 1.165) is 16.1 Å². The van der Waals surface area contributed by atoms with E-state index < -0.39 is 17.8 Å². The van der Waals surface area contributed by atoms with Crippen molar-refractivity contribution in [1.29, 1.82) is 0 Å². The molecular weight excluding hydrogens is 449 g/mol. The standard InChI is InChI=1S/C27H30FN3O2S/c1-27(2,3)30-34-23-16-14-22(15-17-23)31(4)26(33)24(18-19-8-6-5-7-9-19)29-25(32)20-10-12-21(28)13-11-20/h5-17,24,30H,18H2,1-4H3,(H,29,32)/t24-/m0/s1. The molecule has 0 saturated heterocycles. The van der Waals surface area contributed by atoms with Gasteiger partial charge >= 0.3 is 0 Å². The molecule has 5 nitrogen and oxygen atoms in total. The van der Waals surface area contributed by atoms with Crippen LogP contribution in [0, 0.1) is 5.82 Å². The minimum absolute atomic E-state index is 0.0243. The lowest BCUT2D eigenvalue weighted by Crippen LogP contribution is -2.48. The summed E-state index contributed by atoms with van der Waals surface area (Å²) >= 11 is 1.53. The number of halogens is 1. The first-order valence-electron chi connectivity index (χ1n) is 11.0. The van der Waals surface area contributed by atoms with Crippen LogP contribution in [0.2, 0.25) is 0 Å². The molecule has 3 aromatic carbocycles. The van der Waals surface area contributed by atoms with Gasteiger partial charge in [0.25, 0.3) is 5.91 Å². The Morgan fingerprint density at radius 2 is 1.56 bits per heavy atom. The normalized spacial score (nSPS) is 12.1. The maximum Gasteiger partial charge on any atom is 0.251 e. The molecule has 0 spiro atoms. The van der Waals surface area contributed by atoms with Gasteiger partial charge in [0.2, 0.25) is 5.91 Å². The molecule has 7 heteroatoms. The van der Waals surface area contributed by atoms with Gasteiger partial charge in [-0.25, -0.2) is 4.39 Å². The monoisotopic (exact) mass is 479 g/mol. The number of anilines is 1. The number of hydrogen-bond acceptors (Lipinski definition) is 4. The van der Waals surface area contributed by atoms with E-state index >= 15 is 0 Å². The third-order valence-electron chi connectivity index (χ3n) is 5.02. The van der Waals surface area contributed by atoms with Crippen LogP contribution in [0.15, 0.2) is 83.8 Å². The van der Waals surface area contributed by atoms with E-state index in [-0.39, 0.29) is 11.4 Å². The molecular formula is C27H30FN3O2S. The van der Waals surface area contributed by atoms with Crippen molar-refractivity contribution in [3.05, 3.63) is 95.8 Å². The second-order valence-electron chi connectivity index (χ2n) is 9.07. The number of carbonyl (C=O) groups excluding carboxylic acids is 2. The Hall–Kier alpha value is -3.16. The van der Waals surface area contributed by atoms with Gasteiger partial charge in [-0.2, -0.15) is 0 Å². The molecule has 0 saturated carbocycles. The molecule has 0 aliphatic carbocycles. The molecule has 3 rings (SSSR count). The van der Waals surface area contributed by atoms with Crippen molar-refractivity contribution < 1.29 is 14.0 Å². The minimum atomic E-state index is -0.790. The fourth-order valence-corrected chi connectivity index (χ4v) is 3.90. The van der Waals surface area contributed by atoms with Crippen molar-refractivity contribution >= 4 is 29.4 Å². The summed E-state index contributed by atoms with van der Waals surface area (Å²) in [6, 6.07) is 21.6. The number of benzene rings is 3. The molecule has 1 atom stereocenters. The average Bonchev–Trinajstić information content (AvgIpc) is 2.82. The summed E-state index contributed by atoms with van der Waals surface area (Å²) in [7, 11) is 1.69. The first-order chi connectivity index (χ1) is 16.1. The van der Waals surface area contributed by atoms with Crippen LogP contribution in [0.4, 0.5) is 10.1 Å². The molecule has 0 heterocycles. The number of rotatable bonds is 8. The second-order valence-corrected chi connectivity index (χ2v) is 9.95. The van der Waals surface area contributed by atoms with Gasteiger partial charge in [-0.15, -0.1) is 0 Å². The molecule has 0 aliphatic heterocycles. The van der Waals surface area contributed by atoms with Gasteiger partial charge in [-0.1, -0.05) is 30.3 Å². The Morgan fingerprint density at radius 3 is 2.15 bits per heavy atom. The fourth-order valence-electron chi connectivity index (χ4n) is 3.20. The van der Waals surface area contributed by atoms with Crippen LogP contribution >= 0.6 is 11.9 Å². The Bertz CT molecular complexity index is 1100. The van der Waals surface area contributed by atoms with Gasteiger partial charge in [-0.05, 0) is 86.8 Å². The smallest absolute Gasteiger partial charge is 0.251 e. The quantitative estimate of drug-likeness (QED) is 0.435. The van der Waals surface area contributed by atoms with Gasteiger partial charge in [-0.3, -0.25) is 14.3 Å². The van der Waals surface area contributed by atoms with E-state index in [2.05, 4.69) is 30.8 Å². The summed E-state index contributed by atoms with van der Waals surface area (Å²) in [5.74, 6) is -1.09. The van der Waals surface area contributed by atoms with Gasteiger partial charge < -0.3 is 10.2 Å². The molecule has 3 aromatic rings. The van der Waals surface area contributed by atoms with Gasteiger partial charge in [0, 0.05) is 35.2 Å². The first kappa shape index (κ1) is 25.5. The first-order valence-corrected chi connectivity index (χ1v) is 11.9. The lowest BCUT2D eigenvalue weighted by molar-refractivity contribution is -0.120. The molecule has 0 aromatic heterocycles. The summed E-state index contributed by atoms with van der Waals surface area (Å²) in [5, 5.41) is 2.83. The van der Waals surface area contributed by atoms with E-state index in [1.165, 1.54) is 36.2 Å². The lowest BCUT2D eigenvalue weighted by Gasteiger charge is -2.25. The SMILES string of the molecule is CN(C(=O)[C@H](Cc1ccccc1)NC(=O)c1ccc(F)cc1)c1ccc(SNC(C)(C)C)cc1. The van der Waals surface area contributed by atoms with Crippen LogP contribution in [0.25, 0.3) is 0 Å². The molecule has 178 valence electrons. The minimum Gasteiger partial charge on any atom is -0.340 e. The van der Waals surface area contributed by atoms with Gasteiger partial charge in [0.05, 0.1) is 0 Å². The third kappa shape index (κ3) is 7.43. The average molecular weight is 480 g/mol. The maximum atomic E-state index is 13.4. The number of nitrogens with zero attached hydrogens (tertiary/aromatic N) is 1. The van der Waals surface area contributed by atoms with Crippen molar-refractivity contribution in [3.63, 3.8) is 0 Å². The van der Waals surface area contributed by atoms with Crippen LogP contribution in [-0.4, -0.2) is 30.4 Å². The third-order valence-corrected chi connectivity index (χ3v) is 6.24. The molecule has 2 N–H and O–H groups in total. The van der Waals surface area contributed by atoms with E-state index in [4.69, 9.17) is 0 Å². The van der Waals surface area contributed by atoms with Crippen molar-refractivity contribution in [1.82, 2.24) is 10.0 Å². The maximum absolute atomic E-state index is 13.4. The Kier molecular flexibility index (Phi) is 8.47. The van der Waals surface area contributed by atoms with Crippen molar-refractivity contribution in [2.45, 2.75) is 43.7 Å². The topological polar surface area (TPSA) is 61.4 Å².